The van der Waals surface area contributed by atoms with Crippen LogP contribution in [0.1, 0.15) is 31.7 Å². The lowest BCUT2D eigenvalue weighted by atomic mass is 10.3. The Morgan fingerprint density at radius 2 is 2.21 bits per heavy atom. The molecule has 0 spiro atoms. The monoisotopic (exact) mass is 260 g/mol. The second kappa shape index (κ2) is 6.22. The smallest absolute Gasteiger partial charge is 0.225 e. The van der Waals surface area contributed by atoms with Gasteiger partial charge >= 0.3 is 0 Å². The average molecular weight is 260 g/mol. The molecule has 0 amide bonds. The molecule has 2 N–H and O–H groups in total. The lowest BCUT2D eigenvalue weighted by Crippen LogP contribution is -2.16. The molecular weight excluding hydrogens is 240 g/mol. The van der Waals surface area contributed by atoms with Crippen LogP contribution in [0.15, 0.2) is 28.9 Å². The number of hydrogen-bond acceptors (Lipinski definition) is 5. The van der Waals surface area contributed by atoms with Gasteiger partial charge in [0, 0.05) is 17.8 Å². The first-order valence-electron chi connectivity index (χ1n) is 6.56. The van der Waals surface area contributed by atoms with Gasteiger partial charge in [-0.2, -0.15) is 4.98 Å². The van der Waals surface area contributed by atoms with Gasteiger partial charge in [0.25, 0.3) is 0 Å². The molecule has 0 aliphatic rings. The van der Waals surface area contributed by atoms with Crippen LogP contribution in [0.5, 0.6) is 0 Å². The lowest BCUT2D eigenvalue weighted by Gasteiger charge is -2.13. The highest BCUT2D eigenvalue weighted by molar-refractivity contribution is 5.42. The Balaban J connectivity index is 2.03. The highest BCUT2D eigenvalue weighted by Gasteiger charge is 2.05. The number of nitrogens with zero attached hydrogens (tertiary/aromatic N) is 2. The third-order valence-corrected chi connectivity index (χ3v) is 2.87. The van der Waals surface area contributed by atoms with Gasteiger partial charge in [-0.05, 0) is 32.4 Å². The van der Waals surface area contributed by atoms with Gasteiger partial charge in [0.1, 0.15) is 11.6 Å². The zero-order chi connectivity index (χ0) is 13.7. The van der Waals surface area contributed by atoms with E-state index in [0.29, 0.717) is 18.5 Å². The molecule has 1 unspecified atom stereocenters. The molecule has 0 aliphatic carbocycles. The Labute approximate surface area is 113 Å². The van der Waals surface area contributed by atoms with Crippen molar-refractivity contribution in [1.29, 1.82) is 0 Å². The summed E-state index contributed by atoms with van der Waals surface area (Å²) in [7, 11) is 0. The summed E-state index contributed by atoms with van der Waals surface area (Å²) < 4.78 is 5.28. The molecule has 1 atom stereocenters. The molecule has 0 saturated carbocycles. The molecule has 0 saturated heterocycles. The number of rotatable bonds is 6. The lowest BCUT2D eigenvalue weighted by molar-refractivity contribution is 0.518. The quantitative estimate of drug-likeness (QED) is 0.835. The standard InChI is InChI=1S/C14H20N4O/c1-4-10(2)16-14-17-11(3)8-13(18-14)15-9-12-6-5-7-19-12/h5-8,10H,4,9H2,1-3H3,(H2,15,16,17,18). The van der Waals surface area contributed by atoms with E-state index in [4.69, 9.17) is 4.42 Å². The zero-order valence-corrected chi connectivity index (χ0v) is 11.6. The van der Waals surface area contributed by atoms with Crippen LogP contribution in [0.4, 0.5) is 11.8 Å². The number of hydrogen-bond donors (Lipinski definition) is 2. The average Bonchev–Trinajstić information content (AvgIpc) is 2.88. The molecule has 102 valence electrons. The molecule has 2 aromatic heterocycles. The van der Waals surface area contributed by atoms with Gasteiger partial charge in [0.2, 0.25) is 5.95 Å². The predicted molar refractivity (Wildman–Crippen MR) is 76.2 cm³/mol. The van der Waals surface area contributed by atoms with Crippen LogP contribution in [0, 0.1) is 6.92 Å². The summed E-state index contributed by atoms with van der Waals surface area (Å²) in [6.07, 6.45) is 2.70. The van der Waals surface area contributed by atoms with Gasteiger partial charge in [0.15, 0.2) is 0 Å². The van der Waals surface area contributed by atoms with Gasteiger partial charge in [-0.15, -0.1) is 0 Å². The molecule has 5 nitrogen and oxygen atoms in total. The SMILES string of the molecule is CCC(C)Nc1nc(C)cc(NCc2ccco2)n1. The Kier molecular flexibility index (Phi) is 4.39. The molecule has 0 fully saturated rings. The normalized spacial score (nSPS) is 12.2. The molecule has 0 bridgehead atoms. The van der Waals surface area contributed by atoms with E-state index in [1.807, 2.05) is 25.1 Å². The molecule has 2 rings (SSSR count). The highest BCUT2D eigenvalue weighted by Crippen LogP contribution is 2.12. The van der Waals surface area contributed by atoms with Crippen LogP contribution >= 0.6 is 0 Å². The maximum absolute atomic E-state index is 5.28. The van der Waals surface area contributed by atoms with Crippen molar-refractivity contribution in [2.75, 3.05) is 10.6 Å². The zero-order valence-electron chi connectivity index (χ0n) is 11.6. The minimum Gasteiger partial charge on any atom is -0.467 e. The fourth-order valence-corrected chi connectivity index (χ4v) is 1.64. The third-order valence-electron chi connectivity index (χ3n) is 2.87. The van der Waals surface area contributed by atoms with E-state index in [1.54, 1.807) is 6.26 Å². The number of anilines is 2. The highest BCUT2D eigenvalue weighted by atomic mass is 16.3. The topological polar surface area (TPSA) is 63.0 Å². The second-order valence-electron chi connectivity index (χ2n) is 4.60. The maximum Gasteiger partial charge on any atom is 0.225 e. The Morgan fingerprint density at radius 3 is 2.89 bits per heavy atom. The minimum atomic E-state index is 0.361. The fraction of sp³-hybridized carbons (Fsp3) is 0.429. The molecule has 0 aromatic carbocycles. The van der Waals surface area contributed by atoms with Gasteiger partial charge < -0.3 is 15.1 Å². The van der Waals surface area contributed by atoms with Crippen LogP contribution in [0.25, 0.3) is 0 Å². The predicted octanol–water partition coefficient (Wildman–Crippen LogP) is 3.20. The first-order chi connectivity index (χ1) is 9.17. The van der Waals surface area contributed by atoms with Gasteiger partial charge in [-0.25, -0.2) is 4.98 Å². The van der Waals surface area contributed by atoms with Crippen LogP contribution in [-0.2, 0) is 6.54 Å². The fourth-order valence-electron chi connectivity index (χ4n) is 1.64. The molecule has 0 aliphatic heterocycles. The van der Waals surface area contributed by atoms with Crippen LogP contribution in [0.3, 0.4) is 0 Å². The summed E-state index contributed by atoms with van der Waals surface area (Å²) in [5.74, 6) is 2.35. The summed E-state index contributed by atoms with van der Waals surface area (Å²) in [4.78, 5) is 8.83. The number of aromatic nitrogens is 2. The third kappa shape index (κ3) is 3.98. The Hall–Kier alpha value is -2.04. The summed E-state index contributed by atoms with van der Waals surface area (Å²) in [6.45, 7) is 6.82. The van der Waals surface area contributed by atoms with Gasteiger partial charge in [-0.1, -0.05) is 6.92 Å². The van der Waals surface area contributed by atoms with Crippen molar-refractivity contribution in [3.05, 3.63) is 35.9 Å². The summed E-state index contributed by atoms with van der Waals surface area (Å²) in [6, 6.07) is 6.09. The first kappa shape index (κ1) is 13.4. The van der Waals surface area contributed by atoms with E-state index in [2.05, 4.69) is 34.4 Å². The molecule has 0 radical (unpaired) electrons. The van der Waals surface area contributed by atoms with Crippen molar-refractivity contribution in [1.82, 2.24) is 9.97 Å². The number of nitrogens with one attached hydrogen (secondary N) is 2. The van der Waals surface area contributed by atoms with Gasteiger partial charge in [0.05, 0.1) is 12.8 Å². The van der Waals surface area contributed by atoms with E-state index in [9.17, 15) is 0 Å². The van der Waals surface area contributed by atoms with Crippen molar-refractivity contribution in [2.45, 2.75) is 39.8 Å². The number of aryl methyl sites for hydroxylation is 1. The van der Waals surface area contributed by atoms with Crippen molar-refractivity contribution < 1.29 is 4.42 Å². The Bertz CT molecular complexity index is 510. The summed E-state index contributed by atoms with van der Waals surface area (Å²) in [5, 5.41) is 6.51. The van der Waals surface area contributed by atoms with Gasteiger partial charge in [-0.3, -0.25) is 0 Å². The van der Waals surface area contributed by atoms with E-state index in [0.717, 1.165) is 23.7 Å². The first-order valence-corrected chi connectivity index (χ1v) is 6.56. The second-order valence-corrected chi connectivity index (χ2v) is 4.60. The van der Waals surface area contributed by atoms with E-state index in [-0.39, 0.29) is 0 Å². The Morgan fingerprint density at radius 1 is 1.37 bits per heavy atom. The molecule has 2 heterocycles. The number of furan rings is 1. The van der Waals surface area contributed by atoms with Crippen molar-refractivity contribution in [3.63, 3.8) is 0 Å². The molecule has 2 aromatic rings. The molecular formula is C14H20N4O. The van der Waals surface area contributed by atoms with E-state index < -0.39 is 0 Å². The van der Waals surface area contributed by atoms with E-state index in [1.165, 1.54) is 0 Å². The largest absolute Gasteiger partial charge is 0.467 e. The molecule has 5 heteroatoms. The summed E-state index contributed by atoms with van der Waals surface area (Å²) in [5.41, 5.74) is 0.933. The van der Waals surface area contributed by atoms with Crippen molar-refractivity contribution in [2.24, 2.45) is 0 Å². The summed E-state index contributed by atoms with van der Waals surface area (Å²) >= 11 is 0. The maximum atomic E-state index is 5.28. The molecule has 19 heavy (non-hydrogen) atoms. The van der Waals surface area contributed by atoms with Crippen molar-refractivity contribution >= 4 is 11.8 Å². The van der Waals surface area contributed by atoms with E-state index >= 15 is 0 Å². The van der Waals surface area contributed by atoms with Crippen LogP contribution < -0.4 is 10.6 Å². The van der Waals surface area contributed by atoms with Crippen molar-refractivity contribution in [3.8, 4) is 0 Å². The minimum absolute atomic E-state index is 0.361. The van der Waals surface area contributed by atoms with Crippen LogP contribution in [-0.4, -0.2) is 16.0 Å². The van der Waals surface area contributed by atoms with Crippen LogP contribution in [0.2, 0.25) is 0 Å².